The maximum atomic E-state index is 4.94. The number of nitrogens with zero attached hydrogens (tertiary/aromatic N) is 4. The maximum Gasteiger partial charge on any atom is 2.00 e. The molecule has 8 rings (SSSR count). The smallest absolute Gasteiger partial charge is 0.656 e. The number of aliphatic imine (C=N–C) groups is 2. The van der Waals surface area contributed by atoms with Gasteiger partial charge in [0.2, 0.25) is 0 Å². The van der Waals surface area contributed by atoms with E-state index in [2.05, 4.69) is 126 Å². The third-order valence-electron chi connectivity index (χ3n) is 9.97. The Balaban J connectivity index is 0.000000200. The van der Waals surface area contributed by atoms with E-state index in [9.17, 15) is 0 Å². The molecule has 6 aromatic rings. The van der Waals surface area contributed by atoms with Gasteiger partial charge in [0.05, 0.1) is 11.4 Å². The molecule has 7 heteroatoms. The SMILES string of the molecule is C1CCOC1.C1CCOC1.CC(C)c1cccc(C(C)C)c1N=Cc1cc2ccccc2[n-]1.CC(C)c1cccc(C(C)C)c1N=Cc1cc2ccccc2[n-]1.[Yb+2]. The summed E-state index contributed by atoms with van der Waals surface area (Å²) in [6, 6.07) is 33.5. The molecular formula is C50H62N4O2Yb. The van der Waals surface area contributed by atoms with Crippen molar-refractivity contribution >= 4 is 45.6 Å². The summed E-state index contributed by atoms with van der Waals surface area (Å²) < 4.78 is 9.89. The number of rotatable bonds is 8. The van der Waals surface area contributed by atoms with E-state index in [1.54, 1.807) is 0 Å². The quantitative estimate of drug-likeness (QED) is 0.143. The van der Waals surface area contributed by atoms with Crippen molar-refractivity contribution < 1.29 is 56.4 Å². The first kappa shape index (κ1) is 46.4. The zero-order chi connectivity index (χ0) is 39.9. The van der Waals surface area contributed by atoms with Gasteiger partial charge in [-0.05, 0) is 82.4 Å². The summed E-state index contributed by atoms with van der Waals surface area (Å²) in [6.07, 6.45) is 8.90. The van der Waals surface area contributed by atoms with Gasteiger partial charge in [0.1, 0.15) is 0 Å². The van der Waals surface area contributed by atoms with Gasteiger partial charge in [0.15, 0.2) is 0 Å². The number of fused-ring (bicyclic) bond motifs is 2. The van der Waals surface area contributed by atoms with Crippen LogP contribution in [-0.4, -0.2) is 38.9 Å². The van der Waals surface area contributed by atoms with Gasteiger partial charge in [-0.1, -0.05) is 152 Å². The van der Waals surface area contributed by atoms with Crippen LogP contribution in [0.1, 0.15) is 138 Å². The molecule has 0 N–H and O–H groups in total. The summed E-state index contributed by atoms with van der Waals surface area (Å²) in [5.41, 5.74) is 11.3. The third kappa shape index (κ3) is 13.9. The second kappa shape index (κ2) is 24.0. The minimum Gasteiger partial charge on any atom is -0.656 e. The minimum atomic E-state index is 0. The molecule has 2 aliphatic heterocycles. The fourth-order valence-corrected chi connectivity index (χ4v) is 6.82. The van der Waals surface area contributed by atoms with Crippen LogP contribution in [0.5, 0.6) is 0 Å². The van der Waals surface area contributed by atoms with Crippen LogP contribution >= 0.6 is 0 Å². The number of hydrogen-bond donors (Lipinski definition) is 0. The molecule has 2 aliphatic rings. The molecule has 2 fully saturated rings. The topological polar surface area (TPSA) is 71.4 Å². The van der Waals surface area contributed by atoms with Crippen molar-refractivity contribution in [3.63, 3.8) is 0 Å². The molecule has 0 radical (unpaired) electrons. The van der Waals surface area contributed by atoms with E-state index in [-0.39, 0.29) is 46.9 Å². The molecular weight excluding hydrogens is 862 g/mol. The summed E-state index contributed by atoms with van der Waals surface area (Å²) in [5, 5.41) is 2.32. The van der Waals surface area contributed by atoms with Crippen molar-refractivity contribution in [2.24, 2.45) is 9.98 Å². The molecule has 4 aromatic carbocycles. The van der Waals surface area contributed by atoms with Crippen LogP contribution in [0.2, 0.25) is 0 Å². The predicted octanol–water partition coefficient (Wildman–Crippen LogP) is 13.2. The van der Waals surface area contributed by atoms with E-state index in [0.29, 0.717) is 23.7 Å². The van der Waals surface area contributed by atoms with Crippen molar-refractivity contribution in [3.8, 4) is 0 Å². The van der Waals surface area contributed by atoms with E-state index in [0.717, 1.165) is 71.0 Å². The van der Waals surface area contributed by atoms with Crippen molar-refractivity contribution in [2.45, 2.75) is 105 Å². The average molecular weight is 924 g/mol. The van der Waals surface area contributed by atoms with Gasteiger partial charge in [-0.3, -0.25) is 9.98 Å². The molecule has 4 heterocycles. The maximum absolute atomic E-state index is 4.94. The normalized spacial score (nSPS) is 14.0. The van der Waals surface area contributed by atoms with Gasteiger partial charge in [-0.2, -0.15) is 0 Å². The molecule has 0 unspecified atom stereocenters. The molecule has 2 saturated heterocycles. The van der Waals surface area contributed by atoms with Gasteiger partial charge in [-0.25, -0.2) is 0 Å². The standard InChI is InChI=1S/2C21H23N2.2C4H8O.Yb/c2*1-14(2)18-9-7-10-19(15(3)4)21(18)22-13-17-12-16-8-5-6-11-20(16)23-17;2*1-2-4-5-3-1;/h2*5-15H,1-4H3;2*1-4H2;/q2*-1;;;+2. The fourth-order valence-electron chi connectivity index (χ4n) is 6.82. The Labute approximate surface area is 380 Å². The Morgan fingerprint density at radius 2 is 0.772 bits per heavy atom. The summed E-state index contributed by atoms with van der Waals surface area (Å²) >= 11 is 0. The number of benzene rings is 4. The van der Waals surface area contributed by atoms with Crippen LogP contribution < -0.4 is 9.97 Å². The van der Waals surface area contributed by atoms with Crippen LogP contribution in [0.4, 0.5) is 11.4 Å². The number of para-hydroxylation sites is 4. The van der Waals surface area contributed by atoms with Crippen LogP contribution in [0, 0.1) is 46.9 Å². The van der Waals surface area contributed by atoms with Gasteiger partial charge in [0.25, 0.3) is 0 Å². The number of aromatic nitrogens is 2. The van der Waals surface area contributed by atoms with Crippen molar-refractivity contribution in [2.75, 3.05) is 26.4 Å². The molecule has 0 aliphatic carbocycles. The first-order valence-corrected chi connectivity index (χ1v) is 20.7. The molecule has 6 nitrogen and oxygen atoms in total. The summed E-state index contributed by atoms with van der Waals surface area (Å²) in [4.78, 5) is 18.9. The second-order valence-electron chi connectivity index (χ2n) is 15.8. The Hall–Kier alpha value is -3.26. The zero-order valence-electron chi connectivity index (χ0n) is 35.2. The Kier molecular flexibility index (Phi) is 19.5. The van der Waals surface area contributed by atoms with E-state index < -0.39 is 0 Å². The average Bonchev–Trinajstić information content (AvgIpc) is 4.05. The van der Waals surface area contributed by atoms with Crippen LogP contribution in [0.25, 0.3) is 21.8 Å². The van der Waals surface area contributed by atoms with E-state index >= 15 is 0 Å². The molecule has 2 aromatic heterocycles. The Morgan fingerprint density at radius 3 is 1.04 bits per heavy atom. The predicted molar refractivity (Wildman–Crippen MR) is 238 cm³/mol. The van der Waals surface area contributed by atoms with E-state index in [1.165, 1.54) is 47.9 Å². The molecule has 0 atom stereocenters. The number of ether oxygens (including phenoxy) is 2. The Bertz CT molecular complexity index is 1860. The van der Waals surface area contributed by atoms with Gasteiger partial charge < -0.3 is 19.4 Å². The van der Waals surface area contributed by atoms with Gasteiger partial charge in [0, 0.05) is 38.9 Å². The minimum absolute atomic E-state index is 0. The van der Waals surface area contributed by atoms with Crippen LogP contribution in [-0.2, 0) is 9.47 Å². The molecule has 0 amide bonds. The van der Waals surface area contributed by atoms with Crippen molar-refractivity contribution in [1.29, 1.82) is 0 Å². The van der Waals surface area contributed by atoms with Crippen LogP contribution in [0.3, 0.4) is 0 Å². The molecule has 308 valence electrons. The molecule has 0 spiro atoms. The Morgan fingerprint density at radius 1 is 0.456 bits per heavy atom. The van der Waals surface area contributed by atoms with Gasteiger partial charge >= 0.3 is 46.9 Å². The van der Waals surface area contributed by atoms with E-state index in [4.69, 9.17) is 19.5 Å². The summed E-state index contributed by atoms with van der Waals surface area (Å²) in [5.74, 6) is 1.81. The summed E-state index contributed by atoms with van der Waals surface area (Å²) in [7, 11) is 0. The van der Waals surface area contributed by atoms with Crippen LogP contribution in [0.15, 0.2) is 107 Å². The second-order valence-corrected chi connectivity index (χ2v) is 15.8. The van der Waals surface area contributed by atoms with Crippen molar-refractivity contribution in [3.05, 3.63) is 131 Å². The van der Waals surface area contributed by atoms with E-state index in [1.807, 2.05) is 48.8 Å². The van der Waals surface area contributed by atoms with Crippen molar-refractivity contribution in [1.82, 2.24) is 9.97 Å². The van der Waals surface area contributed by atoms with Gasteiger partial charge in [-0.15, -0.1) is 22.4 Å². The molecule has 0 saturated carbocycles. The first-order chi connectivity index (χ1) is 27.1. The molecule has 0 bridgehead atoms. The summed E-state index contributed by atoms with van der Waals surface area (Å²) in [6.45, 7) is 21.7. The fraction of sp³-hybridized carbons (Fsp3) is 0.400. The number of hydrogen-bond acceptors (Lipinski definition) is 4. The monoisotopic (exact) mass is 924 g/mol. The zero-order valence-corrected chi connectivity index (χ0v) is 36.9. The molecule has 57 heavy (non-hydrogen) atoms. The third-order valence-corrected chi connectivity index (χ3v) is 9.97. The first-order valence-electron chi connectivity index (χ1n) is 20.7. The largest absolute Gasteiger partial charge is 2.00 e.